The average molecular weight is 508 g/mol. The highest BCUT2D eigenvalue weighted by atomic mass is 19.1. The molecule has 4 nitrogen and oxygen atoms in total. The summed E-state index contributed by atoms with van der Waals surface area (Å²) in [4.78, 5) is 17.6. The van der Waals surface area contributed by atoms with Gasteiger partial charge in [0, 0.05) is 26.2 Å². The van der Waals surface area contributed by atoms with Gasteiger partial charge in [-0.05, 0) is 41.3 Å². The minimum Gasteiger partial charge on any atom is -0.339 e. The number of benzene rings is 4. The zero-order chi connectivity index (χ0) is 26.3. The van der Waals surface area contributed by atoms with Crippen LogP contribution in [0.3, 0.4) is 0 Å². The maximum atomic E-state index is 13.7. The lowest BCUT2D eigenvalue weighted by Gasteiger charge is -2.40. The van der Waals surface area contributed by atoms with Crippen LogP contribution in [0.2, 0.25) is 0 Å². The summed E-state index contributed by atoms with van der Waals surface area (Å²) >= 11 is 0. The quantitative estimate of drug-likeness (QED) is 0.330. The van der Waals surface area contributed by atoms with E-state index in [-0.39, 0.29) is 30.4 Å². The molecule has 38 heavy (non-hydrogen) atoms. The van der Waals surface area contributed by atoms with E-state index in [1.807, 2.05) is 53.4 Å². The highest BCUT2D eigenvalue weighted by molar-refractivity contribution is 5.78. The van der Waals surface area contributed by atoms with E-state index in [1.54, 1.807) is 0 Å². The molecule has 1 atom stereocenters. The summed E-state index contributed by atoms with van der Waals surface area (Å²) in [6.45, 7) is 5.17. The minimum absolute atomic E-state index is 0.0205. The van der Waals surface area contributed by atoms with Crippen LogP contribution in [0.5, 0.6) is 0 Å². The number of carbonyl (C=O) groups excluding carboxylic acids is 1. The van der Waals surface area contributed by atoms with E-state index in [1.165, 1.54) is 23.3 Å². The van der Waals surface area contributed by atoms with Gasteiger partial charge in [-0.3, -0.25) is 15.0 Å². The van der Waals surface area contributed by atoms with E-state index < -0.39 is 0 Å². The van der Waals surface area contributed by atoms with Gasteiger partial charge in [-0.2, -0.15) is 0 Å². The summed E-state index contributed by atoms with van der Waals surface area (Å²) in [5, 5.41) is 3.51. The number of amides is 1. The van der Waals surface area contributed by atoms with Gasteiger partial charge in [0.25, 0.3) is 0 Å². The lowest BCUT2D eigenvalue weighted by molar-refractivity contribution is -0.132. The summed E-state index contributed by atoms with van der Waals surface area (Å²) in [5.74, 6) is -0.126. The molecule has 0 spiro atoms. The smallest absolute Gasteiger partial charge is 0.236 e. The Balaban J connectivity index is 1.25. The molecule has 5 rings (SSSR count). The number of carbonyl (C=O) groups is 1. The third kappa shape index (κ3) is 6.18. The Morgan fingerprint density at radius 1 is 0.711 bits per heavy atom. The Labute approximate surface area is 224 Å². The van der Waals surface area contributed by atoms with Crippen LogP contribution in [0, 0.1) is 12.7 Å². The molecule has 0 bridgehead atoms. The van der Waals surface area contributed by atoms with Crippen LogP contribution in [0.15, 0.2) is 109 Å². The topological polar surface area (TPSA) is 35.6 Å². The van der Waals surface area contributed by atoms with Crippen molar-refractivity contribution in [3.8, 4) is 0 Å². The molecule has 4 aromatic carbocycles. The van der Waals surface area contributed by atoms with Crippen molar-refractivity contribution in [3.63, 3.8) is 0 Å². The summed E-state index contributed by atoms with van der Waals surface area (Å²) < 4.78 is 13.7. The second-order valence-electron chi connectivity index (χ2n) is 9.92. The van der Waals surface area contributed by atoms with Gasteiger partial charge < -0.3 is 4.90 Å². The number of rotatable bonds is 8. The fourth-order valence-electron chi connectivity index (χ4n) is 5.26. The zero-order valence-electron chi connectivity index (χ0n) is 21.8. The number of aryl methyl sites for hydroxylation is 1. The second kappa shape index (κ2) is 12.2. The van der Waals surface area contributed by atoms with Gasteiger partial charge in [0.05, 0.1) is 18.6 Å². The van der Waals surface area contributed by atoms with Crippen molar-refractivity contribution < 1.29 is 9.18 Å². The molecule has 0 aliphatic carbocycles. The van der Waals surface area contributed by atoms with E-state index >= 15 is 0 Å². The van der Waals surface area contributed by atoms with Gasteiger partial charge in [-0.15, -0.1) is 0 Å². The molecule has 1 N–H and O–H groups in total. The molecule has 1 aliphatic heterocycles. The van der Waals surface area contributed by atoms with Gasteiger partial charge in [0.15, 0.2) is 0 Å². The van der Waals surface area contributed by atoms with Crippen LogP contribution in [0.25, 0.3) is 0 Å². The van der Waals surface area contributed by atoms with Crippen molar-refractivity contribution in [1.82, 2.24) is 15.1 Å². The Hall–Kier alpha value is -3.80. The summed E-state index contributed by atoms with van der Waals surface area (Å²) in [6.07, 6.45) is 0. The van der Waals surface area contributed by atoms with Crippen LogP contribution in [-0.4, -0.2) is 48.4 Å². The van der Waals surface area contributed by atoms with Gasteiger partial charge in [0.1, 0.15) is 5.82 Å². The van der Waals surface area contributed by atoms with Gasteiger partial charge in [-0.1, -0.05) is 103 Å². The van der Waals surface area contributed by atoms with Crippen LogP contribution in [0.4, 0.5) is 4.39 Å². The molecule has 1 fully saturated rings. The summed E-state index contributed by atoms with van der Waals surface area (Å²) in [6, 6.07) is 35.8. The average Bonchev–Trinajstić information content (AvgIpc) is 2.97. The molecular formula is C33H34FN3O. The molecule has 1 heterocycles. The van der Waals surface area contributed by atoms with Gasteiger partial charge in [0.2, 0.25) is 5.91 Å². The highest BCUT2D eigenvalue weighted by Gasteiger charge is 2.28. The number of hydrogen-bond acceptors (Lipinski definition) is 3. The Kier molecular flexibility index (Phi) is 8.27. The van der Waals surface area contributed by atoms with Crippen LogP contribution in [0.1, 0.15) is 39.9 Å². The molecule has 1 saturated heterocycles. The van der Waals surface area contributed by atoms with Crippen molar-refractivity contribution in [2.75, 3.05) is 32.7 Å². The zero-order valence-corrected chi connectivity index (χ0v) is 21.8. The van der Waals surface area contributed by atoms with E-state index in [9.17, 15) is 9.18 Å². The molecule has 0 aromatic heterocycles. The largest absolute Gasteiger partial charge is 0.339 e. The highest BCUT2D eigenvalue weighted by Crippen LogP contribution is 2.30. The fraction of sp³-hybridized carbons (Fsp3) is 0.242. The first-order valence-electron chi connectivity index (χ1n) is 13.3. The van der Waals surface area contributed by atoms with Gasteiger partial charge >= 0.3 is 0 Å². The Morgan fingerprint density at radius 3 is 1.74 bits per heavy atom. The standard InChI is InChI=1S/C33H34FN3O/c1-25-12-14-28(15-13-25)33(29-16-18-30(34)19-17-29)37-22-20-36(21-23-37)31(38)24-35-32(26-8-4-2-5-9-26)27-10-6-3-7-11-27/h2-19,32-33,35H,20-24H2,1H3. The lowest BCUT2D eigenvalue weighted by Crippen LogP contribution is -2.51. The molecule has 1 unspecified atom stereocenters. The molecule has 194 valence electrons. The molecule has 0 radical (unpaired) electrons. The predicted octanol–water partition coefficient (Wildman–Crippen LogP) is 5.75. The monoisotopic (exact) mass is 507 g/mol. The van der Waals surface area contributed by atoms with Crippen molar-refractivity contribution in [3.05, 3.63) is 143 Å². The van der Waals surface area contributed by atoms with Crippen molar-refractivity contribution in [2.24, 2.45) is 0 Å². The molecule has 4 aromatic rings. The lowest BCUT2D eigenvalue weighted by atomic mass is 9.95. The predicted molar refractivity (Wildman–Crippen MR) is 150 cm³/mol. The number of hydrogen-bond donors (Lipinski definition) is 1. The first-order chi connectivity index (χ1) is 18.6. The molecule has 5 heteroatoms. The third-order valence-corrected chi connectivity index (χ3v) is 7.33. The first kappa shape index (κ1) is 25.8. The molecular weight excluding hydrogens is 473 g/mol. The van der Waals surface area contributed by atoms with Crippen molar-refractivity contribution >= 4 is 5.91 Å². The molecule has 1 amide bonds. The summed E-state index contributed by atoms with van der Waals surface area (Å²) in [7, 11) is 0. The Morgan fingerprint density at radius 2 is 1.21 bits per heavy atom. The normalized spacial score (nSPS) is 15.0. The van der Waals surface area contributed by atoms with Crippen LogP contribution in [-0.2, 0) is 4.79 Å². The van der Waals surface area contributed by atoms with Crippen molar-refractivity contribution in [1.29, 1.82) is 0 Å². The summed E-state index contributed by atoms with van der Waals surface area (Å²) in [5.41, 5.74) is 5.72. The van der Waals surface area contributed by atoms with Crippen molar-refractivity contribution in [2.45, 2.75) is 19.0 Å². The molecule has 0 saturated carbocycles. The van der Waals surface area contributed by atoms with E-state index in [4.69, 9.17) is 0 Å². The minimum atomic E-state index is -0.233. The number of halogens is 1. The maximum Gasteiger partial charge on any atom is 0.236 e. The molecule has 1 aliphatic rings. The first-order valence-corrected chi connectivity index (χ1v) is 13.3. The Bertz CT molecular complexity index is 1220. The third-order valence-electron chi connectivity index (χ3n) is 7.33. The number of nitrogens with zero attached hydrogens (tertiary/aromatic N) is 2. The van der Waals surface area contributed by atoms with Gasteiger partial charge in [-0.25, -0.2) is 4.39 Å². The number of nitrogens with one attached hydrogen (secondary N) is 1. The maximum absolute atomic E-state index is 13.7. The fourth-order valence-corrected chi connectivity index (χ4v) is 5.26. The number of piperazine rings is 1. The SMILES string of the molecule is Cc1ccc(C(c2ccc(F)cc2)N2CCN(C(=O)CNC(c3ccccc3)c3ccccc3)CC2)cc1. The van der Waals surface area contributed by atoms with Crippen LogP contribution >= 0.6 is 0 Å². The van der Waals surface area contributed by atoms with E-state index in [2.05, 4.69) is 65.7 Å². The van der Waals surface area contributed by atoms with E-state index in [0.29, 0.717) is 13.1 Å². The van der Waals surface area contributed by atoms with Crippen LogP contribution < -0.4 is 5.32 Å². The second-order valence-corrected chi connectivity index (χ2v) is 9.92. The van der Waals surface area contributed by atoms with E-state index in [0.717, 1.165) is 29.8 Å².